The first-order chi connectivity index (χ1) is 14.1. The number of nitrogens with zero attached hydrogens (tertiary/aromatic N) is 1. The first-order valence-corrected chi connectivity index (χ1v) is 9.50. The molecule has 1 amide bonds. The van der Waals surface area contributed by atoms with E-state index in [1.807, 2.05) is 86.6 Å². The maximum atomic E-state index is 12.0. The standard InChI is InChI=1S/C24H25N3O2/c1-18-8-6-9-19(2)24(18)25-16-23(28)27-26-15-21-12-7-13-22(14-21)29-17-20-10-4-3-5-11-20/h3-15,25H,16-17H2,1-2H3,(H,27,28). The molecule has 0 aliphatic carbocycles. The summed E-state index contributed by atoms with van der Waals surface area (Å²) >= 11 is 0. The number of para-hydroxylation sites is 1. The van der Waals surface area contributed by atoms with Crippen molar-refractivity contribution in [2.24, 2.45) is 5.10 Å². The van der Waals surface area contributed by atoms with Gasteiger partial charge in [0.25, 0.3) is 5.91 Å². The summed E-state index contributed by atoms with van der Waals surface area (Å²) in [6.07, 6.45) is 1.60. The predicted octanol–water partition coefficient (Wildman–Crippen LogP) is 4.44. The minimum Gasteiger partial charge on any atom is -0.489 e. The highest BCUT2D eigenvalue weighted by molar-refractivity contribution is 5.84. The Balaban J connectivity index is 1.49. The summed E-state index contributed by atoms with van der Waals surface area (Å²) in [5.41, 5.74) is 7.69. The van der Waals surface area contributed by atoms with Crippen molar-refractivity contribution < 1.29 is 9.53 Å². The summed E-state index contributed by atoms with van der Waals surface area (Å²) < 4.78 is 5.81. The van der Waals surface area contributed by atoms with E-state index in [1.54, 1.807) is 6.21 Å². The van der Waals surface area contributed by atoms with Crippen LogP contribution in [0, 0.1) is 13.8 Å². The zero-order valence-corrected chi connectivity index (χ0v) is 16.7. The lowest BCUT2D eigenvalue weighted by molar-refractivity contribution is -0.119. The summed E-state index contributed by atoms with van der Waals surface area (Å²) in [6.45, 7) is 4.68. The number of nitrogens with one attached hydrogen (secondary N) is 2. The van der Waals surface area contributed by atoms with Gasteiger partial charge in [0.05, 0.1) is 12.8 Å². The van der Waals surface area contributed by atoms with Gasteiger partial charge in [0.15, 0.2) is 0 Å². The van der Waals surface area contributed by atoms with E-state index in [2.05, 4.69) is 15.8 Å². The quantitative estimate of drug-likeness (QED) is 0.444. The number of ether oxygens (including phenoxy) is 1. The molecule has 0 heterocycles. The Kier molecular flexibility index (Phi) is 7.00. The van der Waals surface area contributed by atoms with E-state index in [-0.39, 0.29) is 12.5 Å². The molecule has 5 heteroatoms. The first-order valence-electron chi connectivity index (χ1n) is 9.50. The Bertz CT molecular complexity index is 964. The van der Waals surface area contributed by atoms with Gasteiger partial charge in [0, 0.05) is 5.69 Å². The van der Waals surface area contributed by atoms with Crippen molar-refractivity contribution in [3.8, 4) is 5.75 Å². The fourth-order valence-electron chi connectivity index (χ4n) is 2.91. The predicted molar refractivity (Wildman–Crippen MR) is 117 cm³/mol. The van der Waals surface area contributed by atoms with Gasteiger partial charge in [-0.25, -0.2) is 5.43 Å². The van der Waals surface area contributed by atoms with Crippen LogP contribution in [0.3, 0.4) is 0 Å². The van der Waals surface area contributed by atoms with Gasteiger partial charge in [-0.1, -0.05) is 60.7 Å². The van der Waals surface area contributed by atoms with Crippen LogP contribution in [0.1, 0.15) is 22.3 Å². The van der Waals surface area contributed by atoms with Gasteiger partial charge in [-0.3, -0.25) is 4.79 Å². The number of aryl methyl sites for hydroxylation is 2. The van der Waals surface area contributed by atoms with Crippen molar-refractivity contribution in [2.75, 3.05) is 11.9 Å². The highest BCUT2D eigenvalue weighted by atomic mass is 16.5. The van der Waals surface area contributed by atoms with Gasteiger partial charge in [0.1, 0.15) is 12.4 Å². The van der Waals surface area contributed by atoms with E-state index in [0.29, 0.717) is 6.61 Å². The van der Waals surface area contributed by atoms with Crippen molar-refractivity contribution in [3.63, 3.8) is 0 Å². The Morgan fingerprint density at radius 2 is 1.69 bits per heavy atom. The molecule has 0 atom stereocenters. The molecule has 0 bridgehead atoms. The Hall–Kier alpha value is -3.60. The van der Waals surface area contributed by atoms with Gasteiger partial charge < -0.3 is 10.1 Å². The molecule has 0 aliphatic heterocycles. The van der Waals surface area contributed by atoms with Crippen LogP contribution in [-0.2, 0) is 11.4 Å². The lowest BCUT2D eigenvalue weighted by Crippen LogP contribution is -2.26. The van der Waals surface area contributed by atoms with Gasteiger partial charge in [-0.2, -0.15) is 5.10 Å². The zero-order valence-electron chi connectivity index (χ0n) is 16.7. The van der Waals surface area contributed by atoms with Crippen LogP contribution in [0.5, 0.6) is 5.75 Å². The zero-order chi connectivity index (χ0) is 20.5. The second-order valence-electron chi connectivity index (χ2n) is 6.76. The van der Waals surface area contributed by atoms with Crippen LogP contribution in [-0.4, -0.2) is 18.7 Å². The second kappa shape index (κ2) is 10.1. The smallest absolute Gasteiger partial charge is 0.259 e. The third-order valence-electron chi connectivity index (χ3n) is 4.42. The van der Waals surface area contributed by atoms with Crippen molar-refractivity contribution in [2.45, 2.75) is 20.5 Å². The van der Waals surface area contributed by atoms with E-state index in [0.717, 1.165) is 33.7 Å². The molecule has 3 rings (SSSR count). The SMILES string of the molecule is Cc1cccc(C)c1NCC(=O)NN=Cc1cccc(OCc2ccccc2)c1. The number of hydrogen-bond acceptors (Lipinski definition) is 4. The summed E-state index contributed by atoms with van der Waals surface area (Å²) in [7, 11) is 0. The Labute approximate surface area is 171 Å². The molecule has 29 heavy (non-hydrogen) atoms. The van der Waals surface area contributed by atoms with Crippen molar-refractivity contribution in [1.82, 2.24) is 5.43 Å². The molecule has 0 fully saturated rings. The number of hydrazone groups is 1. The number of carbonyl (C=O) groups excluding carboxylic acids is 1. The minimum atomic E-state index is -0.208. The molecule has 0 aliphatic rings. The van der Waals surface area contributed by atoms with E-state index in [9.17, 15) is 4.79 Å². The Morgan fingerprint density at radius 3 is 2.45 bits per heavy atom. The second-order valence-corrected chi connectivity index (χ2v) is 6.76. The van der Waals surface area contributed by atoms with Crippen LogP contribution >= 0.6 is 0 Å². The number of benzene rings is 3. The molecule has 0 saturated heterocycles. The van der Waals surface area contributed by atoms with Crippen molar-refractivity contribution >= 4 is 17.8 Å². The van der Waals surface area contributed by atoms with E-state index in [1.165, 1.54) is 0 Å². The third kappa shape index (κ3) is 6.21. The largest absolute Gasteiger partial charge is 0.489 e. The molecular formula is C24H25N3O2. The minimum absolute atomic E-state index is 0.156. The maximum absolute atomic E-state index is 12.0. The maximum Gasteiger partial charge on any atom is 0.259 e. The summed E-state index contributed by atoms with van der Waals surface area (Å²) in [5.74, 6) is 0.543. The van der Waals surface area contributed by atoms with Gasteiger partial charge in [-0.15, -0.1) is 0 Å². The van der Waals surface area contributed by atoms with Crippen LogP contribution in [0.4, 0.5) is 5.69 Å². The molecule has 2 N–H and O–H groups in total. The van der Waals surface area contributed by atoms with Crippen molar-refractivity contribution in [1.29, 1.82) is 0 Å². The number of carbonyl (C=O) groups is 1. The number of amides is 1. The normalized spacial score (nSPS) is 10.7. The van der Waals surface area contributed by atoms with Gasteiger partial charge >= 0.3 is 0 Å². The molecule has 0 aromatic heterocycles. The van der Waals surface area contributed by atoms with Crippen LogP contribution in [0.2, 0.25) is 0 Å². The average molecular weight is 387 g/mol. The lowest BCUT2D eigenvalue weighted by Gasteiger charge is -2.11. The van der Waals surface area contributed by atoms with E-state index < -0.39 is 0 Å². The van der Waals surface area contributed by atoms with Crippen LogP contribution in [0.15, 0.2) is 77.9 Å². The number of rotatable bonds is 8. The lowest BCUT2D eigenvalue weighted by atomic mass is 10.1. The summed E-state index contributed by atoms with van der Waals surface area (Å²) in [4.78, 5) is 12.0. The number of hydrogen-bond donors (Lipinski definition) is 2. The molecule has 5 nitrogen and oxygen atoms in total. The molecule has 0 unspecified atom stereocenters. The highest BCUT2D eigenvalue weighted by Crippen LogP contribution is 2.18. The fraction of sp³-hybridized carbons (Fsp3) is 0.167. The van der Waals surface area contributed by atoms with Crippen molar-refractivity contribution in [3.05, 3.63) is 95.1 Å². The molecule has 0 radical (unpaired) electrons. The molecule has 3 aromatic rings. The molecule has 148 valence electrons. The molecule has 0 saturated carbocycles. The molecular weight excluding hydrogens is 362 g/mol. The number of anilines is 1. The summed E-state index contributed by atoms with van der Waals surface area (Å²) in [5, 5.41) is 7.20. The molecule has 3 aromatic carbocycles. The molecule has 0 spiro atoms. The third-order valence-corrected chi connectivity index (χ3v) is 4.42. The van der Waals surface area contributed by atoms with Gasteiger partial charge in [0.2, 0.25) is 0 Å². The average Bonchev–Trinajstić information content (AvgIpc) is 2.73. The van der Waals surface area contributed by atoms with Crippen LogP contribution in [0.25, 0.3) is 0 Å². The monoisotopic (exact) mass is 387 g/mol. The first kappa shape index (κ1) is 20.1. The van der Waals surface area contributed by atoms with E-state index >= 15 is 0 Å². The van der Waals surface area contributed by atoms with Gasteiger partial charge in [-0.05, 0) is 48.2 Å². The fourth-order valence-corrected chi connectivity index (χ4v) is 2.91. The van der Waals surface area contributed by atoms with E-state index in [4.69, 9.17) is 4.74 Å². The highest BCUT2D eigenvalue weighted by Gasteiger charge is 2.04. The topological polar surface area (TPSA) is 62.7 Å². The summed E-state index contributed by atoms with van der Waals surface area (Å²) in [6, 6.07) is 23.6. The van der Waals surface area contributed by atoms with Crippen LogP contribution < -0.4 is 15.5 Å². The Morgan fingerprint density at radius 1 is 0.966 bits per heavy atom.